The molecular formula is C15H20N4O. The van der Waals surface area contributed by atoms with Crippen molar-refractivity contribution in [1.82, 2.24) is 9.97 Å². The first kappa shape index (κ1) is 14.3. The average molecular weight is 272 g/mol. The van der Waals surface area contributed by atoms with Gasteiger partial charge in [0, 0.05) is 25.4 Å². The number of nitrogens with one attached hydrogen (secondary N) is 2. The number of aryl methyl sites for hydroxylation is 2. The zero-order valence-electron chi connectivity index (χ0n) is 12.1. The van der Waals surface area contributed by atoms with E-state index in [0.29, 0.717) is 6.61 Å². The topological polar surface area (TPSA) is 59.1 Å². The Morgan fingerprint density at radius 1 is 1.10 bits per heavy atom. The summed E-state index contributed by atoms with van der Waals surface area (Å²) in [6, 6.07) is 10.0. The third-order valence-corrected chi connectivity index (χ3v) is 2.86. The standard InChI is InChI=1S/C15H20N4O/c1-11-6-4-5-7-13(11)19-15-10-14(16-8-9-20-3)17-12(2)18-15/h4-7,10H,8-9H2,1-3H3,(H2,16,17,18,19). The van der Waals surface area contributed by atoms with Gasteiger partial charge in [0.1, 0.15) is 17.5 Å². The van der Waals surface area contributed by atoms with Crippen molar-refractivity contribution in [3.63, 3.8) is 0 Å². The van der Waals surface area contributed by atoms with Crippen LogP contribution >= 0.6 is 0 Å². The van der Waals surface area contributed by atoms with E-state index in [1.54, 1.807) is 7.11 Å². The van der Waals surface area contributed by atoms with Crippen molar-refractivity contribution < 1.29 is 4.74 Å². The first-order valence-corrected chi connectivity index (χ1v) is 6.60. The summed E-state index contributed by atoms with van der Waals surface area (Å²) in [6.45, 7) is 5.30. The molecule has 0 fully saturated rings. The molecule has 0 spiro atoms. The molecule has 5 heteroatoms. The predicted octanol–water partition coefficient (Wildman–Crippen LogP) is 2.90. The van der Waals surface area contributed by atoms with Gasteiger partial charge in [-0.25, -0.2) is 9.97 Å². The summed E-state index contributed by atoms with van der Waals surface area (Å²) in [4.78, 5) is 8.76. The number of anilines is 3. The lowest BCUT2D eigenvalue weighted by Gasteiger charge is -2.11. The minimum Gasteiger partial charge on any atom is -0.383 e. The van der Waals surface area contributed by atoms with Crippen LogP contribution in [0, 0.1) is 13.8 Å². The number of para-hydroxylation sites is 1. The van der Waals surface area contributed by atoms with Crippen molar-refractivity contribution >= 4 is 17.3 Å². The van der Waals surface area contributed by atoms with Gasteiger partial charge in [-0.15, -0.1) is 0 Å². The van der Waals surface area contributed by atoms with Gasteiger partial charge in [0.2, 0.25) is 0 Å². The molecule has 0 unspecified atom stereocenters. The summed E-state index contributed by atoms with van der Waals surface area (Å²) < 4.78 is 5.01. The van der Waals surface area contributed by atoms with E-state index in [4.69, 9.17) is 4.74 Å². The van der Waals surface area contributed by atoms with E-state index < -0.39 is 0 Å². The van der Waals surface area contributed by atoms with E-state index in [1.165, 1.54) is 5.56 Å². The predicted molar refractivity (Wildman–Crippen MR) is 81.6 cm³/mol. The molecule has 0 aliphatic heterocycles. The van der Waals surface area contributed by atoms with Gasteiger partial charge >= 0.3 is 0 Å². The first-order valence-electron chi connectivity index (χ1n) is 6.60. The van der Waals surface area contributed by atoms with Crippen molar-refractivity contribution in [2.24, 2.45) is 0 Å². The maximum atomic E-state index is 5.01. The van der Waals surface area contributed by atoms with E-state index in [1.807, 2.05) is 31.2 Å². The highest BCUT2D eigenvalue weighted by atomic mass is 16.5. The maximum Gasteiger partial charge on any atom is 0.136 e. The third-order valence-electron chi connectivity index (χ3n) is 2.86. The smallest absolute Gasteiger partial charge is 0.136 e. The van der Waals surface area contributed by atoms with Gasteiger partial charge in [-0.3, -0.25) is 0 Å². The number of aromatic nitrogens is 2. The molecule has 1 aromatic heterocycles. The van der Waals surface area contributed by atoms with Crippen molar-refractivity contribution in [1.29, 1.82) is 0 Å². The Labute approximate surface area is 119 Å². The molecule has 0 atom stereocenters. The monoisotopic (exact) mass is 272 g/mol. The van der Waals surface area contributed by atoms with Crippen LogP contribution in [0.2, 0.25) is 0 Å². The zero-order valence-corrected chi connectivity index (χ0v) is 12.1. The second kappa shape index (κ2) is 6.86. The molecule has 0 saturated carbocycles. The lowest BCUT2D eigenvalue weighted by atomic mass is 10.2. The Morgan fingerprint density at radius 3 is 2.60 bits per heavy atom. The largest absolute Gasteiger partial charge is 0.383 e. The zero-order chi connectivity index (χ0) is 14.4. The van der Waals surface area contributed by atoms with Crippen LogP contribution in [-0.2, 0) is 4.74 Å². The van der Waals surface area contributed by atoms with Crippen LogP contribution in [0.1, 0.15) is 11.4 Å². The fourth-order valence-corrected chi connectivity index (χ4v) is 1.85. The van der Waals surface area contributed by atoms with E-state index in [-0.39, 0.29) is 0 Å². The summed E-state index contributed by atoms with van der Waals surface area (Å²) >= 11 is 0. The quantitative estimate of drug-likeness (QED) is 0.792. The fraction of sp³-hybridized carbons (Fsp3) is 0.333. The van der Waals surface area contributed by atoms with Crippen molar-refractivity contribution in [2.45, 2.75) is 13.8 Å². The van der Waals surface area contributed by atoms with Gasteiger partial charge in [-0.2, -0.15) is 0 Å². The van der Waals surface area contributed by atoms with Crippen molar-refractivity contribution in [3.05, 3.63) is 41.7 Å². The number of hydrogen-bond acceptors (Lipinski definition) is 5. The second-order valence-corrected chi connectivity index (χ2v) is 4.55. The molecule has 2 N–H and O–H groups in total. The van der Waals surface area contributed by atoms with Crippen LogP contribution < -0.4 is 10.6 Å². The molecule has 0 amide bonds. The lowest BCUT2D eigenvalue weighted by molar-refractivity contribution is 0.210. The minimum absolute atomic E-state index is 0.642. The highest BCUT2D eigenvalue weighted by Crippen LogP contribution is 2.20. The Kier molecular flexibility index (Phi) is 4.90. The number of methoxy groups -OCH3 is 1. The number of benzene rings is 1. The normalized spacial score (nSPS) is 10.3. The molecule has 0 bridgehead atoms. The van der Waals surface area contributed by atoms with Crippen molar-refractivity contribution in [2.75, 3.05) is 30.9 Å². The summed E-state index contributed by atoms with van der Waals surface area (Å²) in [7, 11) is 1.68. The van der Waals surface area contributed by atoms with E-state index in [9.17, 15) is 0 Å². The number of rotatable bonds is 6. The molecule has 0 aliphatic rings. The first-order chi connectivity index (χ1) is 9.69. The van der Waals surface area contributed by atoms with Crippen LogP contribution in [-0.4, -0.2) is 30.2 Å². The molecule has 2 aromatic rings. The van der Waals surface area contributed by atoms with Crippen molar-refractivity contribution in [3.8, 4) is 0 Å². The lowest BCUT2D eigenvalue weighted by Crippen LogP contribution is -2.10. The average Bonchev–Trinajstić information content (AvgIpc) is 2.41. The minimum atomic E-state index is 0.642. The summed E-state index contributed by atoms with van der Waals surface area (Å²) in [5.41, 5.74) is 2.23. The molecule has 0 aliphatic carbocycles. The molecule has 0 radical (unpaired) electrons. The Bertz CT molecular complexity index is 572. The SMILES string of the molecule is COCCNc1cc(Nc2ccccc2C)nc(C)n1. The second-order valence-electron chi connectivity index (χ2n) is 4.55. The Morgan fingerprint density at radius 2 is 1.85 bits per heavy atom. The van der Waals surface area contributed by atoms with Gasteiger partial charge in [0.25, 0.3) is 0 Å². The van der Waals surface area contributed by atoms with Gasteiger partial charge in [0.15, 0.2) is 0 Å². The molecule has 20 heavy (non-hydrogen) atoms. The van der Waals surface area contributed by atoms with E-state index in [0.717, 1.165) is 29.7 Å². The van der Waals surface area contributed by atoms with Crippen LogP contribution in [0.4, 0.5) is 17.3 Å². The van der Waals surface area contributed by atoms with E-state index in [2.05, 4.69) is 33.6 Å². The summed E-state index contributed by atoms with van der Waals surface area (Å²) in [6.07, 6.45) is 0. The molecular weight excluding hydrogens is 252 g/mol. The van der Waals surface area contributed by atoms with Crippen LogP contribution in [0.15, 0.2) is 30.3 Å². The number of hydrogen-bond donors (Lipinski definition) is 2. The molecule has 5 nitrogen and oxygen atoms in total. The summed E-state index contributed by atoms with van der Waals surface area (Å²) in [5.74, 6) is 2.31. The van der Waals surface area contributed by atoms with Crippen LogP contribution in [0.5, 0.6) is 0 Å². The summed E-state index contributed by atoms with van der Waals surface area (Å²) in [5, 5.41) is 6.53. The molecule has 1 aromatic carbocycles. The molecule has 1 heterocycles. The Hall–Kier alpha value is -2.14. The Balaban J connectivity index is 2.13. The number of nitrogens with zero attached hydrogens (tertiary/aromatic N) is 2. The molecule has 0 saturated heterocycles. The van der Waals surface area contributed by atoms with Crippen LogP contribution in [0.25, 0.3) is 0 Å². The van der Waals surface area contributed by atoms with Gasteiger partial charge < -0.3 is 15.4 Å². The fourth-order valence-electron chi connectivity index (χ4n) is 1.85. The highest BCUT2D eigenvalue weighted by Gasteiger charge is 2.03. The molecule has 106 valence electrons. The van der Waals surface area contributed by atoms with E-state index >= 15 is 0 Å². The maximum absolute atomic E-state index is 5.01. The number of ether oxygens (including phenoxy) is 1. The highest BCUT2D eigenvalue weighted by molar-refractivity contribution is 5.62. The van der Waals surface area contributed by atoms with Gasteiger partial charge in [-0.05, 0) is 25.5 Å². The van der Waals surface area contributed by atoms with Gasteiger partial charge in [0.05, 0.1) is 6.61 Å². The van der Waals surface area contributed by atoms with Gasteiger partial charge in [-0.1, -0.05) is 18.2 Å². The molecule has 2 rings (SSSR count). The third kappa shape index (κ3) is 3.93. The van der Waals surface area contributed by atoms with Crippen LogP contribution in [0.3, 0.4) is 0 Å².